The van der Waals surface area contributed by atoms with E-state index in [1.165, 1.54) is 0 Å². The van der Waals surface area contributed by atoms with E-state index in [9.17, 15) is 5.11 Å². The molecule has 1 aromatic rings. The average Bonchev–Trinajstić information content (AvgIpc) is 2.30. The molecule has 0 aliphatic carbocycles. The van der Waals surface area contributed by atoms with Gasteiger partial charge in [-0.1, -0.05) is 12.1 Å². The predicted octanol–water partition coefficient (Wildman–Crippen LogP) is 1.11. The van der Waals surface area contributed by atoms with Crippen molar-refractivity contribution in [2.75, 3.05) is 26.4 Å². The highest BCUT2D eigenvalue weighted by Gasteiger charge is 2.02. The van der Waals surface area contributed by atoms with Crippen molar-refractivity contribution in [2.24, 2.45) is 0 Å². The number of aliphatic hydroxyl groups excluding tert-OH is 1. The molecule has 0 atom stereocenters. The predicted molar refractivity (Wildman–Crippen MR) is 67.2 cm³/mol. The number of phenols is 1. The van der Waals surface area contributed by atoms with Crippen LogP contribution in [0.2, 0.25) is 0 Å². The Hall–Kier alpha value is -1.10. The Bertz CT molecular complexity index is 330. The Balaban J connectivity index is 2.32. The van der Waals surface area contributed by atoms with E-state index in [4.69, 9.17) is 9.84 Å². The van der Waals surface area contributed by atoms with Gasteiger partial charge < -0.3 is 20.3 Å². The van der Waals surface area contributed by atoms with Crippen molar-refractivity contribution < 1.29 is 14.9 Å². The molecule has 0 aromatic heterocycles. The zero-order chi connectivity index (χ0) is 12.7. The van der Waals surface area contributed by atoms with Crippen LogP contribution in [-0.2, 0) is 11.3 Å². The number of rotatable bonds is 7. The van der Waals surface area contributed by atoms with Gasteiger partial charge in [0.25, 0.3) is 0 Å². The summed E-state index contributed by atoms with van der Waals surface area (Å²) in [6.07, 6.45) is 0. The third kappa shape index (κ3) is 4.73. The maximum atomic E-state index is 9.64. The van der Waals surface area contributed by atoms with Gasteiger partial charge in [-0.25, -0.2) is 0 Å². The van der Waals surface area contributed by atoms with Crippen LogP contribution in [0.25, 0.3) is 0 Å². The van der Waals surface area contributed by atoms with Gasteiger partial charge in [0, 0.05) is 13.1 Å². The topological polar surface area (TPSA) is 61.7 Å². The SMILES string of the molecule is Cc1cc(CNCCOCCO)cc(C)c1O. The molecule has 0 saturated carbocycles. The van der Waals surface area contributed by atoms with Crippen molar-refractivity contribution in [3.05, 3.63) is 28.8 Å². The van der Waals surface area contributed by atoms with Gasteiger partial charge in [0.05, 0.1) is 19.8 Å². The zero-order valence-corrected chi connectivity index (χ0v) is 10.5. The van der Waals surface area contributed by atoms with E-state index in [0.717, 1.165) is 29.8 Å². The van der Waals surface area contributed by atoms with Crippen LogP contribution in [-0.4, -0.2) is 36.6 Å². The van der Waals surface area contributed by atoms with Gasteiger partial charge in [-0.2, -0.15) is 0 Å². The second-order valence-electron chi connectivity index (χ2n) is 4.09. The first-order chi connectivity index (χ1) is 8.15. The lowest BCUT2D eigenvalue weighted by Crippen LogP contribution is -2.20. The monoisotopic (exact) mass is 239 g/mol. The van der Waals surface area contributed by atoms with Crippen LogP contribution in [0.5, 0.6) is 5.75 Å². The minimum Gasteiger partial charge on any atom is -0.507 e. The van der Waals surface area contributed by atoms with E-state index < -0.39 is 0 Å². The van der Waals surface area contributed by atoms with E-state index in [1.807, 2.05) is 26.0 Å². The van der Waals surface area contributed by atoms with Gasteiger partial charge in [-0.05, 0) is 30.5 Å². The number of aliphatic hydroxyl groups is 1. The number of aryl methyl sites for hydroxylation is 2. The van der Waals surface area contributed by atoms with Crippen molar-refractivity contribution in [3.8, 4) is 5.75 Å². The molecule has 17 heavy (non-hydrogen) atoms. The summed E-state index contributed by atoms with van der Waals surface area (Å²) in [4.78, 5) is 0. The number of aromatic hydroxyl groups is 1. The molecule has 0 heterocycles. The van der Waals surface area contributed by atoms with Crippen molar-refractivity contribution in [1.82, 2.24) is 5.32 Å². The molecule has 0 aliphatic heterocycles. The molecule has 96 valence electrons. The molecule has 0 spiro atoms. The molecule has 0 unspecified atom stereocenters. The van der Waals surface area contributed by atoms with Crippen molar-refractivity contribution in [2.45, 2.75) is 20.4 Å². The molecule has 1 rings (SSSR count). The van der Waals surface area contributed by atoms with Crippen molar-refractivity contribution >= 4 is 0 Å². The molecule has 0 bridgehead atoms. The van der Waals surface area contributed by atoms with Gasteiger partial charge in [-0.3, -0.25) is 0 Å². The highest BCUT2D eigenvalue weighted by Crippen LogP contribution is 2.22. The molecule has 4 heteroatoms. The van der Waals surface area contributed by atoms with Crippen LogP contribution >= 0.6 is 0 Å². The molecular weight excluding hydrogens is 218 g/mol. The Morgan fingerprint density at radius 2 is 1.82 bits per heavy atom. The second kappa shape index (κ2) is 7.27. The van der Waals surface area contributed by atoms with Crippen LogP contribution in [0.3, 0.4) is 0 Å². The third-order valence-electron chi connectivity index (χ3n) is 2.54. The zero-order valence-electron chi connectivity index (χ0n) is 10.5. The molecule has 0 fully saturated rings. The van der Waals surface area contributed by atoms with E-state index in [2.05, 4.69) is 5.32 Å². The number of phenolic OH excluding ortho intramolecular Hbond substituents is 1. The maximum Gasteiger partial charge on any atom is 0.121 e. The van der Waals surface area contributed by atoms with Gasteiger partial charge in [0.2, 0.25) is 0 Å². The molecule has 0 radical (unpaired) electrons. The van der Waals surface area contributed by atoms with Gasteiger partial charge in [0.15, 0.2) is 0 Å². The van der Waals surface area contributed by atoms with E-state index >= 15 is 0 Å². The second-order valence-corrected chi connectivity index (χ2v) is 4.09. The number of ether oxygens (including phenoxy) is 1. The van der Waals surface area contributed by atoms with Crippen LogP contribution in [0.4, 0.5) is 0 Å². The fourth-order valence-corrected chi connectivity index (χ4v) is 1.69. The fourth-order valence-electron chi connectivity index (χ4n) is 1.69. The summed E-state index contributed by atoms with van der Waals surface area (Å²) < 4.78 is 5.13. The summed E-state index contributed by atoms with van der Waals surface area (Å²) in [6.45, 7) is 6.35. The Labute approximate surface area is 102 Å². The number of hydrogen-bond donors (Lipinski definition) is 3. The van der Waals surface area contributed by atoms with Crippen molar-refractivity contribution in [3.63, 3.8) is 0 Å². The minimum absolute atomic E-state index is 0.0658. The lowest BCUT2D eigenvalue weighted by Gasteiger charge is -2.09. The van der Waals surface area contributed by atoms with Crippen LogP contribution in [0.15, 0.2) is 12.1 Å². The lowest BCUT2D eigenvalue weighted by molar-refractivity contribution is 0.0938. The first-order valence-corrected chi connectivity index (χ1v) is 5.83. The smallest absolute Gasteiger partial charge is 0.121 e. The standard InChI is InChI=1S/C13H21NO3/c1-10-7-12(8-11(2)13(10)16)9-14-3-5-17-6-4-15/h7-8,14-16H,3-6,9H2,1-2H3. The van der Waals surface area contributed by atoms with Crippen LogP contribution in [0, 0.1) is 13.8 Å². The first-order valence-electron chi connectivity index (χ1n) is 5.83. The fraction of sp³-hybridized carbons (Fsp3) is 0.538. The minimum atomic E-state index is 0.0658. The lowest BCUT2D eigenvalue weighted by atomic mass is 10.1. The molecule has 1 aromatic carbocycles. The van der Waals surface area contributed by atoms with Crippen LogP contribution in [0.1, 0.15) is 16.7 Å². The summed E-state index contributed by atoms with van der Waals surface area (Å²) in [6, 6.07) is 3.95. The van der Waals surface area contributed by atoms with Gasteiger partial charge in [0.1, 0.15) is 5.75 Å². The maximum absolute atomic E-state index is 9.64. The van der Waals surface area contributed by atoms with Crippen molar-refractivity contribution in [1.29, 1.82) is 0 Å². The largest absolute Gasteiger partial charge is 0.507 e. The van der Waals surface area contributed by atoms with Gasteiger partial charge >= 0.3 is 0 Å². The molecule has 3 N–H and O–H groups in total. The molecule has 4 nitrogen and oxygen atoms in total. The van der Waals surface area contributed by atoms with Gasteiger partial charge in [-0.15, -0.1) is 0 Å². The normalized spacial score (nSPS) is 10.8. The Morgan fingerprint density at radius 3 is 2.41 bits per heavy atom. The summed E-state index contributed by atoms with van der Waals surface area (Å²) in [5.41, 5.74) is 2.96. The molecule has 0 aliphatic rings. The number of hydrogen-bond acceptors (Lipinski definition) is 4. The summed E-state index contributed by atoms with van der Waals surface area (Å²) in [5, 5.41) is 21.4. The van der Waals surface area contributed by atoms with E-state index in [1.54, 1.807) is 0 Å². The Morgan fingerprint density at radius 1 is 1.18 bits per heavy atom. The Kier molecular flexibility index (Phi) is 5.97. The third-order valence-corrected chi connectivity index (χ3v) is 2.54. The van der Waals surface area contributed by atoms with E-state index in [0.29, 0.717) is 19.0 Å². The first kappa shape index (κ1) is 14.0. The highest BCUT2D eigenvalue weighted by atomic mass is 16.5. The summed E-state index contributed by atoms with van der Waals surface area (Å²) in [7, 11) is 0. The van der Waals surface area contributed by atoms with Crippen LogP contribution < -0.4 is 5.32 Å². The average molecular weight is 239 g/mol. The summed E-state index contributed by atoms with van der Waals surface area (Å²) in [5.74, 6) is 0.375. The highest BCUT2D eigenvalue weighted by molar-refractivity contribution is 5.42. The molecular formula is C13H21NO3. The number of benzene rings is 1. The quantitative estimate of drug-likeness (QED) is 0.624. The summed E-state index contributed by atoms with van der Waals surface area (Å²) >= 11 is 0. The molecule has 0 saturated heterocycles. The molecule has 0 amide bonds. The van der Waals surface area contributed by atoms with E-state index in [-0.39, 0.29) is 6.61 Å². The number of nitrogens with one attached hydrogen (secondary N) is 1.